The molecule has 1 N–H and O–H groups in total. The molecule has 1 aromatic rings. The second-order valence-electron chi connectivity index (χ2n) is 2.74. The Labute approximate surface area is 75.9 Å². The van der Waals surface area contributed by atoms with Gasteiger partial charge in [-0.15, -0.1) is 0 Å². The fraction of sp³-hybridized carbons (Fsp3) is 0. The predicted molar refractivity (Wildman–Crippen MR) is 50.2 cm³/mol. The lowest BCUT2D eigenvalue weighted by Gasteiger charge is -2.13. The summed E-state index contributed by atoms with van der Waals surface area (Å²) in [5.41, 5.74) is 1.05. The largest absolute Gasteiger partial charge is 0.559 e. The van der Waals surface area contributed by atoms with Gasteiger partial charge in [0.05, 0.1) is 0 Å². The minimum Gasteiger partial charge on any atom is -0.559 e. The summed E-state index contributed by atoms with van der Waals surface area (Å²) in [4.78, 5) is 10.8. The van der Waals surface area contributed by atoms with Crippen LogP contribution in [0.3, 0.4) is 0 Å². The van der Waals surface area contributed by atoms with E-state index in [1.165, 1.54) is 0 Å². The number of benzene rings is 1. The van der Waals surface area contributed by atoms with E-state index in [2.05, 4.69) is 0 Å². The molecule has 1 aliphatic rings. The molecule has 0 aliphatic carbocycles. The SMILES string of the molecule is O=C(O)c1cccc2c1OBC=C2. The first-order chi connectivity index (χ1) is 6.29. The van der Waals surface area contributed by atoms with Crippen LogP contribution in [0.25, 0.3) is 6.08 Å². The second kappa shape index (κ2) is 2.97. The van der Waals surface area contributed by atoms with E-state index in [4.69, 9.17) is 9.76 Å². The maximum absolute atomic E-state index is 10.8. The average molecular weight is 174 g/mol. The molecule has 0 aromatic heterocycles. The summed E-state index contributed by atoms with van der Waals surface area (Å²) in [7, 11) is 0.442. The number of carbonyl (C=O) groups is 1. The van der Waals surface area contributed by atoms with Crippen LogP contribution in [0.2, 0.25) is 0 Å². The smallest absolute Gasteiger partial charge is 0.366 e. The average Bonchev–Trinajstić information content (AvgIpc) is 2.17. The van der Waals surface area contributed by atoms with E-state index < -0.39 is 5.97 Å². The van der Waals surface area contributed by atoms with Gasteiger partial charge >= 0.3 is 13.5 Å². The molecule has 0 bridgehead atoms. The topological polar surface area (TPSA) is 46.5 Å². The van der Waals surface area contributed by atoms with Crippen molar-refractivity contribution in [2.75, 3.05) is 0 Å². The molecule has 2 rings (SSSR count). The quantitative estimate of drug-likeness (QED) is 0.648. The van der Waals surface area contributed by atoms with Gasteiger partial charge in [0.2, 0.25) is 0 Å². The van der Waals surface area contributed by atoms with Crippen molar-refractivity contribution in [2.24, 2.45) is 0 Å². The van der Waals surface area contributed by atoms with Crippen molar-refractivity contribution in [1.29, 1.82) is 0 Å². The molecule has 1 aromatic carbocycles. The van der Waals surface area contributed by atoms with Gasteiger partial charge in [-0.2, -0.15) is 0 Å². The predicted octanol–water partition coefficient (Wildman–Crippen LogP) is 1.10. The lowest BCUT2D eigenvalue weighted by molar-refractivity contribution is 0.0695. The minimum atomic E-state index is -0.952. The van der Waals surface area contributed by atoms with Crippen molar-refractivity contribution in [3.63, 3.8) is 0 Å². The van der Waals surface area contributed by atoms with Gasteiger partial charge in [-0.1, -0.05) is 24.2 Å². The molecule has 0 saturated heterocycles. The van der Waals surface area contributed by atoms with Gasteiger partial charge in [0.25, 0.3) is 0 Å². The van der Waals surface area contributed by atoms with Gasteiger partial charge < -0.3 is 9.76 Å². The number of carboxylic acid groups (broad SMARTS) is 1. The van der Waals surface area contributed by atoms with Crippen molar-refractivity contribution in [1.82, 2.24) is 0 Å². The third-order valence-electron chi connectivity index (χ3n) is 1.90. The Bertz CT molecular complexity index is 384. The molecular weight excluding hydrogens is 167 g/mol. The zero-order valence-electron chi connectivity index (χ0n) is 6.86. The standard InChI is InChI=1S/C9H7BO3/c11-9(12)7-3-1-2-6-4-5-10-13-8(6)7/h1-5,10H,(H,11,12). The van der Waals surface area contributed by atoms with E-state index in [1.807, 2.05) is 18.1 Å². The van der Waals surface area contributed by atoms with Crippen molar-refractivity contribution in [2.45, 2.75) is 0 Å². The van der Waals surface area contributed by atoms with Crippen LogP contribution < -0.4 is 4.65 Å². The monoisotopic (exact) mass is 174 g/mol. The van der Waals surface area contributed by atoms with Crippen LogP contribution in [0.4, 0.5) is 0 Å². The number of aromatic carboxylic acids is 1. The summed E-state index contributed by atoms with van der Waals surface area (Å²) < 4.78 is 5.25. The maximum Gasteiger partial charge on any atom is 0.366 e. The molecule has 0 unspecified atom stereocenters. The second-order valence-corrected chi connectivity index (χ2v) is 2.74. The van der Waals surface area contributed by atoms with E-state index in [-0.39, 0.29) is 5.56 Å². The highest BCUT2D eigenvalue weighted by Crippen LogP contribution is 2.27. The molecule has 13 heavy (non-hydrogen) atoms. The molecule has 0 amide bonds. The lowest BCUT2D eigenvalue weighted by atomic mass is 9.93. The number of fused-ring (bicyclic) bond motifs is 1. The summed E-state index contributed by atoms with van der Waals surface area (Å²) in [5.74, 6) is 1.37. The summed E-state index contributed by atoms with van der Waals surface area (Å²) >= 11 is 0. The summed E-state index contributed by atoms with van der Waals surface area (Å²) in [6, 6.07) is 5.08. The van der Waals surface area contributed by atoms with E-state index in [9.17, 15) is 4.79 Å². The normalized spacial score (nSPS) is 12.6. The Balaban J connectivity index is 2.59. The van der Waals surface area contributed by atoms with Crippen LogP contribution in [0, 0.1) is 0 Å². The Hall–Kier alpha value is -1.71. The number of hydrogen-bond donors (Lipinski definition) is 1. The van der Waals surface area contributed by atoms with Crippen LogP contribution in [0.15, 0.2) is 24.2 Å². The van der Waals surface area contributed by atoms with Crippen molar-refractivity contribution in [3.05, 3.63) is 35.3 Å². The molecule has 64 valence electrons. The third-order valence-corrected chi connectivity index (χ3v) is 1.90. The first kappa shape index (κ1) is 7.92. The van der Waals surface area contributed by atoms with Crippen LogP contribution in [-0.2, 0) is 0 Å². The Morgan fingerprint density at radius 1 is 1.46 bits per heavy atom. The number of para-hydroxylation sites is 1. The molecule has 0 radical (unpaired) electrons. The van der Waals surface area contributed by atoms with Gasteiger partial charge in [0.1, 0.15) is 11.3 Å². The van der Waals surface area contributed by atoms with E-state index in [0.717, 1.165) is 5.56 Å². The Kier molecular flexibility index (Phi) is 1.81. The fourth-order valence-electron chi connectivity index (χ4n) is 1.32. The Morgan fingerprint density at radius 2 is 2.31 bits per heavy atom. The van der Waals surface area contributed by atoms with E-state index in [1.54, 1.807) is 12.1 Å². The molecule has 0 atom stereocenters. The van der Waals surface area contributed by atoms with Gasteiger partial charge in [-0.05, 0) is 6.07 Å². The molecule has 0 spiro atoms. The number of rotatable bonds is 1. The summed E-state index contributed by atoms with van der Waals surface area (Å²) in [5, 5.41) is 8.84. The molecule has 1 heterocycles. The highest BCUT2D eigenvalue weighted by molar-refractivity contribution is 6.38. The maximum atomic E-state index is 10.8. The summed E-state index contributed by atoms with van der Waals surface area (Å²) in [6.07, 6.45) is 1.87. The highest BCUT2D eigenvalue weighted by Gasteiger charge is 2.15. The molecule has 1 aliphatic heterocycles. The van der Waals surface area contributed by atoms with Crippen molar-refractivity contribution < 1.29 is 14.6 Å². The van der Waals surface area contributed by atoms with E-state index in [0.29, 0.717) is 13.2 Å². The lowest BCUT2D eigenvalue weighted by Crippen LogP contribution is -2.09. The van der Waals surface area contributed by atoms with E-state index >= 15 is 0 Å². The Morgan fingerprint density at radius 3 is 3.08 bits per heavy atom. The van der Waals surface area contributed by atoms with Gasteiger partial charge in [-0.25, -0.2) is 4.79 Å². The molecule has 4 heteroatoms. The van der Waals surface area contributed by atoms with Crippen LogP contribution in [-0.4, -0.2) is 18.6 Å². The molecule has 0 saturated carbocycles. The highest BCUT2D eigenvalue weighted by atomic mass is 16.4. The number of carboxylic acids is 1. The van der Waals surface area contributed by atoms with Gasteiger partial charge in [0.15, 0.2) is 0 Å². The molecule has 3 nitrogen and oxygen atoms in total. The van der Waals surface area contributed by atoms with Crippen molar-refractivity contribution >= 4 is 19.5 Å². The number of hydrogen-bond acceptors (Lipinski definition) is 2. The van der Waals surface area contributed by atoms with Crippen LogP contribution in [0.5, 0.6) is 5.75 Å². The zero-order chi connectivity index (χ0) is 9.26. The van der Waals surface area contributed by atoms with Crippen LogP contribution >= 0.6 is 0 Å². The summed E-state index contributed by atoms with van der Waals surface area (Å²) in [6.45, 7) is 0. The zero-order valence-corrected chi connectivity index (χ0v) is 6.86. The van der Waals surface area contributed by atoms with Crippen molar-refractivity contribution in [3.8, 4) is 5.75 Å². The minimum absolute atomic E-state index is 0.224. The first-order valence-corrected chi connectivity index (χ1v) is 3.94. The van der Waals surface area contributed by atoms with Gasteiger partial charge in [-0.3, -0.25) is 0 Å². The molecule has 0 fully saturated rings. The van der Waals surface area contributed by atoms with Crippen LogP contribution in [0.1, 0.15) is 15.9 Å². The fourth-order valence-corrected chi connectivity index (χ4v) is 1.32. The van der Waals surface area contributed by atoms with Gasteiger partial charge in [0, 0.05) is 5.56 Å². The first-order valence-electron chi connectivity index (χ1n) is 3.94. The molecular formula is C9H7BO3. The third kappa shape index (κ3) is 1.31.